The molecule has 168 valence electrons. The molecule has 0 spiro atoms. The molecule has 1 aliphatic rings. The number of hydrogen-bond acceptors (Lipinski definition) is 5. The van der Waals surface area contributed by atoms with Crippen molar-refractivity contribution in [2.45, 2.75) is 78.9 Å². The number of hydrogen-bond donors (Lipinski definition) is 2. The second kappa shape index (κ2) is 11.6. The summed E-state index contributed by atoms with van der Waals surface area (Å²) in [5, 5.41) is 5.36. The van der Waals surface area contributed by atoms with Gasteiger partial charge in [-0.15, -0.1) is 0 Å². The third-order valence-electron chi connectivity index (χ3n) is 4.60. The van der Waals surface area contributed by atoms with Crippen molar-refractivity contribution in [3.8, 4) is 0 Å². The van der Waals surface area contributed by atoms with Crippen molar-refractivity contribution in [3.63, 3.8) is 0 Å². The number of imide groups is 1. The van der Waals surface area contributed by atoms with E-state index in [0.717, 1.165) is 18.5 Å². The minimum absolute atomic E-state index is 0.247. The van der Waals surface area contributed by atoms with Gasteiger partial charge in [0.1, 0.15) is 11.6 Å². The zero-order valence-electron chi connectivity index (χ0n) is 19.4. The number of ether oxygens (including phenoxy) is 1. The van der Waals surface area contributed by atoms with Gasteiger partial charge >= 0.3 is 6.09 Å². The largest absolute Gasteiger partial charge is 0.444 e. The van der Waals surface area contributed by atoms with Crippen molar-refractivity contribution in [3.05, 3.63) is 29.8 Å². The lowest BCUT2D eigenvalue weighted by Crippen LogP contribution is -2.41. The molecule has 1 aliphatic heterocycles. The van der Waals surface area contributed by atoms with Gasteiger partial charge in [0.2, 0.25) is 11.8 Å². The molecule has 0 bridgehead atoms. The first-order valence-corrected chi connectivity index (χ1v) is 10.7. The highest BCUT2D eigenvalue weighted by molar-refractivity contribution is 5.97. The summed E-state index contributed by atoms with van der Waals surface area (Å²) in [6.45, 7) is 14.0. The smallest absolute Gasteiger partial charge is 0.410 e. The molecule has 1 aromatic carbocycles. The van der Waals surface area contributed by atoms with E-state index in [1.54, 1.807) is 11.8 Å². The summed E-state index contributed by atoms with van der Waals surface area (Å²) in [4.78, 5) is 36.7. The van der Waals surface area contributed by atoms with Crippen LogP contribution in [0.4, 0.5) is 10.5 Å². The van der Waals surface area contributed by atoms with E-state index < -0.39 is 11.6 Å². The minimum Gasteiger partial charge on any atom is -0.444 e. The van der Waals surface area contributed by atoms with Crippen molar-refractivity contribution < 1.29 is 19.1 Å². The molecule has 1 unspecified atom stereocenters. The summed E-state index contributed by atoms with van der Waals surface area (Å²) >= 11 is 0. The molecule has 1 aromatic rings. The first kappa shape index (κ1) is 25.5. The molecule has 1 atom stereocenters. The highest BCUT2D eigenvalue weighted by Gasteiger charge is 2.27. The Bertz CT molecular complexity index is 702. The maximum Gasteiger partial charge on any atom is 0.410 e. The summed E-state index contributed by atoms with van der Waals surface area (Å²) in [5.41, 5.74) is 1.56. The molecule has 0 aromatic heterocycles. The summed E-state index contributed by atoms with van der Waals surface area (Å²) in [6.07, 6.45) is 1.54. The van der Waals surface area contributed by atoms with Crippen molar-refractivity contribution in [2.24, 2.45) is 0 Å². The molecule has 1 fully saturated rings. The van der Waals surface area contributed by atoms with Gasteiger partial charge in [0.15, 0.2) is 0 Å². The molecule has 0 radical (unpaired) electrons. The third-order valence-corrected chi connectivity index (χ3v) is 4.60. The van der Waals surface area contributed by atoms with Crippen molar-refractivity contribution in [1.82, 2.24) is 10.2 Å². The lowest BCUT2D eigenvalue weighted by atomic mass is 9.89. The van der Waals surface area contributed by atoms with Gasteiger partial charge in [-0.3, -0.25) is 14.9 Å². The lowest BCUT2D eigenvalue weighted by Gasteiger charge is -2.33. The highest BCUT2D eigenvalue weighted by Crippen LogP contribution is 2.29. The van der Waals surface area contributed by atoms with E-state index in [0.29, 0.717) is 19.0 Å². The van der Waals surface area contributed by atoms with Gasteiger partial charge in [0.05, 0.1) is 0 Å². The predicted molar refractivity (Wildman–Crippen MR) is 119 cm³/mol. The van der Waals surface area contributed by atoms with Crippen LogP contribution in [0, 0.1) is 0 Å². The molecule has 7 heteroatoms. The fraction of sp³-hybridized carbons (Fsp3) is 0.609. The number of nitrogens with one attached hydrogen (secondary N) is 2. The van der Waals surface area contributed by atoms with Crippen LogP contribution in [0.15, 0.2) is 24.3 Å². The first-order chi connectivity index (χ1) is 14.0. The molecular weight excluding hydrogens is 382 g/mol. The van der Waals surface area contributed by atoms with E-state index in [1.165, 1.54) is 12.5 Å². The van der Waals surface area contributed by atoms with Crippen molar-refractivity contribution in [2.75, 3.05) is 18.4 Å². The summed E-state index contributed by atoms with van der Waals surface area (Å²) in [5.74, 6) is -0.330. The molecule has 3 amide bonds. The van der Waals surface area contributed by atoms with Crippen LogP contribution in [0.5, 0.6) is 0 Å². The predicted octanol–water partition coefficient (Wildman–Crippen LogP) is 4.29. The Morgan fingerprint density at radius 2 is 1.60 bits per heavy atom. The maximum absolute atomic E-state index is 12.2. The average molecular weight is 420 g/mol. The fourth-order valence-electron chi connectivity index (χ4n) is 3.17. The van der Waals surface area contributed by atoms with Gasteiger partial charge in [-0.2, -0.15) is 0 Å². The standard InChI is InChI=1S/C21H31N3O4.C2H6/c1-14(19(26)23-15(2)25)22-18-8-6-16(7-9-18)17-10-12-24(13-11-17)20(27)28-21(3,4)5;1-2/h6-9,14,17,22H,10-13H2,1-5H3,(H,23,25,26);1-2H3. The monoisotopic (exact) mass is 419 g/mol. The lowest BCUT2D eigenvalue weighted by molar-refractivity contribution is -0.129. The summed E-state index contributed by atoms with van der Waals surface area (Å²) in [7, 11) is 0. The quantitative estimate of drug-likeness (QED) is 0.760. The first-order valence-electron chi connectivity index (χ1n) is 10.7. The van der Waals surface area contributed by atoms with Crippen molar-refractivity contribution in [1.29, 1.82) is 0 Å². The van der Waals surface area contributed by atoms with Gasteiger partial charge in [-0.1, -0.05) is 26.0 Å². The van der Waals surface area contributed by atoms with Gasteiger partial charge < -0.3 is 15.0 Å². The molecule has 0 aliphatic carbocycles. The van der Waals surface area contributed by atoms with Gasteiger partial charge in [-0.05, 0) is 64.2 Å². The van der Waals surface area contributed by atoms with E-state index >= 15 is 0 Å². The molecule has 2 N–H and O–H groups in total. The van der Waals surface area contributed by atoms with Gasteiger partial charge in [-0.25, -0.2) is 4.79 Å². The number of likely N-dealkylation sites (tertiary alicyclic amines) is 1. The Labute approximate surface area is 180 Å². The number of amides is 3. The number of benzene rings is 1. The highest BCUT2D eigenvalue weighted by atomic mass is 16.6. The van der Waals surface area contributed by atoms with E-state index in [1.807, 2.05) is 58.9 Å². The molecule has 30 heavy (non-hydrogen) atoms. The molecular formula is C23H37N3O4. The van der Waals surface area contributed by atoms with Crippen LogP contribution in [-0.2, 0) is 14.3 Å². The van der Waals surface area contributed by atoms with Crippen molar-refractivity contribution >= 4 is 23.6 Å². The van der Waals surface area contributed by atoms with Crippen LogP contribution in [0.1, 0.15) is 72.8 Å². The Balaban J connectivity index is 0.00000218. The number of rotatable bonds is 4. The van der Waals surface area contributed by atoms with Crippen LogP contribution >= 0.6 is 0 Å². The molecule has 1 heterocycles. The zero-order valence-corrected chi connectivity index (χ0v) is 19.4. The molecule has 0 saturated carbocycles. The SMILES string of the molecule is CC.CC(=O)NC(=O)C(C)Nc1ccc(C2CCN(C(=O)OC(C)(C)C)CC2)cc1. The van der Waals surface area contributed by atoms with Crippen LogP contribution < -0.4 is 10.6 Å². The molecule has 7 nitrogen and oxygen atoms in total. The Morgan fingerprint density at radius 1 is 1.07 bits per heavy atom. The van der Waals surface area contributed by atoms with Gasteiger partial charge in [0.25, 0.3) is 0 Å². The average Bonchev–Trinajstić information content (AvgIpc) is 2.68. The number of nitrogens with zero attached hydrogens (tertiary/aromatic N) is 1. The number of carbonyl (C=O) groups excluding carboxylic acids is 3. The second-order valence-corrected chi connectivity index (χ2v) is 8.28. The molecule has 1 saturated heterocycles. The number of piperidine rings is 1. The topological polar surface area (TPSA) is 87.7 Å². The summed E-state index contributed by atoms with van der Waals surface area (Å²) in [6, 6.07) is 7.46. The molecule has 2 rings (SSSR count). The minimum atomic E-state index is -0.508. The van der Waals surface area contributed by atoms with Crippen LogP contribution in [0.3, 0.4) is 0 Å². The van der Waals surface area contributed by atoms with E-state index in [4.69, 9.17) is 4.74 Å². The van der Waals surface area contributed by atoms with Crippen LogP contribution in [-0.4, -0.2) is 47.5 Å². The summed E-state index contributed by atoms with van der Waals surface area (Å²) < 4.78 is 5.44. The normalized spacial score (nSPS) is 15.4. The third kappa shape index (κ3) is 8.43. The van der Waals surface area contributed by atoms with E-state index in [-0.39, 0.29) is 17.9 Å². The second-order valence-electron chi connectivity index (χ2n) is 8.28. The number of carbonyl (C=O) groups is 3. The van der Waals surface area contributed by atoms with E-state index in [2.05, 4.69) is 10.6 Å². The van der Waals surface area contributed by atoms with Gasteiger partial charge in [0, 0.05) is 25.7 Å². The number of anilines is 1. The van der Waals surface area contributed by atoms with Crippen LogP contribution in [0.25, 0.3) is 0 Å². The fourth-order valence-corrected chi connectivity index (χ4v) is 3.17. The Hall–Kier alpha value is -2.57. The maximum atomic E-state index is 12.2. The zero-order chi connectivity index (χ0) is 22.9. The van der Waals surface area contributed by atoms with Crippen LogP contribution in [0.2, 0.25) is 0 Å². The Morgan fingerprint density at radius 3 is 2.07 bits per heavy atom. The van der Waals surface area contributed by atoms with E-state index in [9.17, 15) is 14.4 Å². The Kier molecular flexibility index (Phi) is 9.82.